The number of morpholine rings is 1. The fourth-order valence-corrected chi connectivity index (χ4v) is 4.52. The molecule has 9 nitrogen and oxygen atoms in total. The Morgan fingerprint density at radius 1 is 1.06 bits per heavy atom. The van der Waals surface area contributed by atoms with E-state index in [1.807, 2.05) is 41.3 Å². The summed E-state index contributed by atoms with van der Waals surface area (Å²) >= 11 is 1.28. The van der Waals surface area contributed by atoms with Crippen LogP contribution in [0.5, 0.6) is 11.5 Å². The summed E-state index contributed by atoms with van der Waals surface area (Å²) in [6.07, 6.45) is 0. The van der Waals surface area contributed by atoms with E-state index in [0.717, 1.165) is 11.1 Å². The van der Waals surface area contributed by atoms with Crippen LogP contribution in [0.2, 0.25) is 0 Å². The zero-order valence-electron chi connectivity index (χ0n) is 17.9. The molecule has 1 saturated heterocycles. The van der Waals surface area contributed by atoms with Crippen molar-refractivity contribution in [3.63, 3.8) is 0 Å². The average molecular weight is 456 g/mol. The lowest BCUT2D eigenvalue weighted by molar-refractivity contribution is -0.134. The van der Waals surface area contributed by atoms with Crippen LogP contribution in [0.15, 0.2) is 53.7 Å². The monoisotopic (exact) mass is 455 g/mol. The van der Waals surface area contributed by atoms with Crippen LogP contribution in [0, 0.1) is 0 Å². The molecule has 0 bridgehead atoms. The summed E-state index contributed by atoms with van der Waals surface area (Å²) in [5.41, 5.74) is 1.60. The van der Waals surface area contributed by atoms with Gasteiger partial charge in [0.15, 0.2) is 17.3 Å². The van der Waals surface area contributed by atoms with Crippen LogP contribution in [0.3, 0.4) is 0 Å². The van der Waals surface area contributed by atoms with Crippen molar-refractivity contribution in [3.8, 4) is 22.9 Å². The van der Waals surface area contributed by atoms with Gasteiger partial charge in [0.1, 0.15) is 5.25 Å². The Bertz CT molecular complexity index is 1070. The summed E-state index contributed by atoms with van der Waals surface area (Å²) in [6, 6.07) is 15.0. The summed E-state index contributed by atoms with van der Waals surface area (Å²) in [4.78, 5) is 15.2. The second kappa shape index (κ2) is 9.92. The van der Waals surface area contributed by atoms with Gasteiger partial charge in [0.25, 0.3) is 0 Å². The van der Waals surface area contributed by atoms with Crippen molar-refractivity contribution in [1.29, 1.82) is 0 Å². The van der Waals surface area contributed by atoms with Gasteiger partial charge in [-0.05, 0) is 23.8 Å². The number of benzene rings is 2. The summed E-state index contributed by atoms with van der Waals surface area (Å²) in [5, 5.41) is 8.46. The standard InChI is InChI=1S/C22H25N5O4S/c1-29-17-9-8-16(14-18(17)30-2)20-24-25-22(27(20)23)32-19(15-6-4-3-5-7-15)21(28)26-10-12-31-13-11-26/h3-9,14,19H,10-13,23H2,1-2H3. The van der Waals surface area contributed by atoms with Crippen LogP contribution in [-0.4, -0.2) is 66.2 Å². The van der Waals surface area contributed by atoms with E-state index >= 15 is 0 Å². The number of ether oxygens (including phenoxy) is 3. The van der Waals surface area contributed by atoms with Crippen molar-refractivity contribution >= 4 is 17.7 Å². The van der Waals surface area contributed by atoms with Crippen molar-refractivity contribution in [2.24, 2.45) is 0 Å². The highest BCUT2D eigenvalue weighted by Crippen LogP contribution is 2.37. The Hall–Kier alpha value is -3.24. The summed E-state index contributed by atoms with van der Waals surface area (Å²) in [5.74, 6) is 7.98. The molecule has 168 valence electrons. The highest BCUT2D eigenvalue weighted by molar-refractivity contribution is 8.00. The molecule has 32 heavy (non-hydrogen) atoms. The molecule has 2 heterocycles. The second-order valence-corrected chi connectivity index (χ2v) is 8.16. The molecular formula is C22H25N5O4S. The van der Waals surface area contributed by atoms with Gasteiger partial charge in [-0.2, -0.15) is 0 Å². The van der Waals surface area contributed by atoms with Gasteiger partial charge in [-0.3, -0.25) is 4.79 Å². The van der Waals surface area contributed by atoms with Gasteiger partial charge in [0, 0.05) is 18.7 Å². The van der Waals surface area contributed by atoms with E-state index in [2.05, 4.69) is 10.2 Å². The van der Waals surface area contributed by atoms with Gasteiger partial charge in [0.2, 0.25) is 11.1 Å². The van der Waals surface area contributed by atoms with Crippen molar-refractivity contribution in [3.05, 3.63) is 54.1 Å². The number of carbonyl (C=O) groups is 1. The van der Waals surface area contributed by atoms with Crippen LogP contribution < -0.4 is 15.3 Å². The quantitative estimate of drug-likeness (QED) is 0.428. The number of rotatable bonds is 7. The fraction of sp³-hybridized carbons (Fsp3) is 0.318. The number of hydrogen-bond acceptors (Lipinski definition) is 8. The Morgan fingerprint density at radius 2 is 1.78 bits per heavy atom. The smallest absolute Gasteiger partial charge is 0.240 e. The minimum atomic E-state index is -0.501. The zero-order chi connectivity index (χ0) is 22.5. The predicted molar refractivity (Wildman–Crippen MR) is 121 cm³/mol. The molecule has 0 saturated carbocycles. The summed E-state index contributed by atoms with van der Waals surface area (Å²) in [7, 11) is 3.14. The number of methoxy groups -OCH3 is 2. The molecule has 3 aromatic rings. The minimum absolute atomic E-state index is 0.000154. The lowest BCUT2D eigenvalue weighted by Gasteiger charge is -2.30. The first kappa shape index (κ1) is 22.0. The number of carbonyl (C=O) groups excluding carboxylic acids is 1. The number of nitrogen functional groups attached to an aromatic ring is 1. The third kappa shape index (κ3) is 4.51. The molecule has 1 amide bonds. The van der Waals surface area contributed by atoms with Crippen molar-refractivity contribution in [1.82, 2.24) is 19.8 Å². The van der Waals surface area contributed by atoms with Gasteiger partial charge in [-0.25, -0.2) is 4.68 Å². The van der Waals surface area contributed by atoms with Crippen molar-refractivity contribution in [2.75, 3.05) is 46.4 Å². The third-order valence-corrected chi connectivity index (χ3v) is 6.38. The molecule has 1 fully saturated rings. The Morgan fingerprint density at radius 3 is 2.47 bits per heavy atom. The average Bonchev–Trinajstić information content (AvgIpc) is 3.22. The highest BCUT2D eigenvalue weighted by Gasteiger charge is 2.30. The summed E-state index contributed by atoms with van der Waals surface area (Å²) < 4.78 is 17.5. The minimum Gasteiger partial charge on any atom is -0.493 e. The number of nitrogens with two attached hydrogens (primary N) is 1. The van der Waals surface area contributed by atoms with E-state index in [0.29, 0.717) is 48.8 Å². The van der Waals surface area contributed by atoms with E-state index in [9.17, 15) is 4.79 Å². The molecule has 0 radical (unpaired) electrons. The van der Waals surface area contributed by atoms with Crippen molar-refractivity contribution in [2.45, 2.75) is 10.4 Å². The number of nitrogens with zero attached hydrogens (tertiary/aromatic N) is 4. The van der Waals surface area contributed by atoms with E-state index in [1.165, 1.54) is 16.4 Å². The first-order chi connectivity index (χ1) is 15.6. The van der Waals surface area contributed by atoms with Gasteiger partial charge in [0.05, 0.1) is 27.4 Å². The van der Waals surface area contributed by atoms with Gasteiger partial charge in [-0.15, -0.1) is 10.2 Å². The molecule has 0 spiro atoms. The van der Waals surface area contributed by atoms with Gasteiger partial charge >= 0.3 is 0 Å². The van der Waals surface area contributed by atoms with Gasteiger partial charge < -0.3 is 25.0 Å². The van der Waals surface area contributed by atoms with Gasteiger partial charge in [-0.1, -0.05) is 42.1 Å². The van der Waals surface area contributed by atoms with Crippen LogP contribution >= 0.6 is 11.8 Å². The lowest BCUT2D eigenvalue weighted by Crippen LogP contribution is -2.42. The molecular weight excluding hydrogens is 430 g/mol. The molecule has 1 aliphatic heterocycles. The number of amides is 1. The largest absolute Gasteiger partial charge is 0.493 e. The van der Waals surface area contributed by atoms with Crippen LogP contribution in [0.1, 0.15) is 10.8 Å². The predicted octanol–water partition coefficient (Wildman–Crippen LogP) is 2.37. The first-order valence-electron chi connectivity index (χ1n) is 10.1. The summed E-state index contributed by atoms with van der Waals surface area (Å²) in [6.45, 7) is 2.20. The maximum Gasteiger partial charge on any atom is 0.240 e. The van der Waals surface area contributed by atoms with E-state index in [1.54, 1.807) is 26.4 Å². The topological polar surface area (TPSA) is 105 Å². The molecule has 10 heteroatoms. The number of hydrogen-bond donors (Lipinski definition) is 1. The zero-order valence-corrected chi connectivity index (χ0v) is 18.7. The maximum absolute atomic E-state index is 13.4. The van der Waals surface area contributed by atoms with Crippen LogP contribution in [0.25, 0.3) is 11.4 Å². The fourth-order valence-electron chi connectivity index (χ4n) is 3.47. The van der Waals surface area contributed by atoms with E-state index in [4.69, 9.17) is 20.1 Å². The molecule has 0 aliphatic carbocycles. The maximum atomic E-state index is 13.4. The van der Waals surface area contributed by atoms with E-state index < -0.39 is 5.25 Å². The van der Waals surface area contributed by atoms with Crippen LogP contribution in [-0.2, 0) is 9.53 Å². The molecule has 2 aromatic carbocycles. The molecule has 1 unspecified atom stereocenters. The molecule has 1 atom stereocenters. The normalized spacial score (nSPS) is 14.8. The molecule has 4 rings (SSSR count). The Balaban J connectivity index is 1.63. The van der Waals surface area contributed by atoms with E-state index in [-0.39, 0.29) is 5.91 Å². The van der Waals surface area contributed by atoms with Crippen molar-refractivity contribution < 1.29 is 19.0 Å². The number of thioether (sulfide) groups is 1. The van der Waals surface area contributed by atoms with Crippen LogP contribution in [0.4, 0.5) is 0 Å². The second-order valence-electron chi connectivity index (χ2n) is 7.09. The SMILES string of the molecule is COc1ccc(-c2nnc(SC(C(=O)N3CCOCC3)c3ccccc3)n2N)cc1OC. The Labute approximate surface area is 190 Å². The number of aromatic nitrogens is 3. The third-order valence-electron chi connectivity index (χ3n) is 5.18. The molecule has 1 aliphatic rings. The lowest BCUT2D eigenvalue weighted by atomic mass is 10.1. The Kier molecular flexibility index (Phi) is 6.81. The highest BCUT2D eigenvalue weighted by atomic mass is 32.2. The molecule has 2 N–H and O–H groups in total. The first-order valence-corrected chi connectivity index (χ1v) is 11.0. The molecule has 1 aromatic heterocycles.